The summed E-state index contributed by atoms with van der Waals surface area (Å²) in [7, 11) is 0. The molecule has 2 aliphatic heterocycles. The highest BCUT2D eigenvalue weighted by Gasteiger charge is 2.59. The molecule has 25 heavy (non-hydrogen) atoms. The van der Waals surface area contributed by atoms with E-state index in [1.54, 1.807) is 12.1 Å². The van der Waals surface area contributed by atoms with Crippen LogP contribution in [0.4, 0.5) is 5.69 Å². The van der Waals surface area contributed by atoms with E-state index in [-0.39, 0.29) is 41.6 Å². The van der Waals surface area contributed by atoms with Crippen molar-refractivity contribution in [2.24, 2.45) is 23.7 Å². The first kappa shape index (κ1) is 15.1. The second-order valence-corrected chi connectivity index (χ2v) is 7.45. The van der Waals surface area contributed by atoms with Gasteiger partial charge in [-0.25, -0.2) is 0 Å². The number of imide groups is 1. The number of hydrogen-bond donors (Lipinski definition) is 0. The molecule has 0 radical (unpaired) electrons. The van der Waals surface area contributed by atoms with Crippen LogP contribution < -0.4 is 9.64 Å². The molecule has 2 amide bonds. The highest BCUT2D eigenvalue weighted by atomic mass is 16.5. The quantitative estimate of drug-likeness (QED) is 0.625. The lowest BCUT2D eigenvalue weighted by molar-refractivity contribution is -0.123. The minimum Gasteiger partial charge on any atom is -0.491 e. The van der Waals surface area contributed by atoms with E-state index in [1.165, 1.54) is 4.90 Å². The molecule has 1 aromatic rings. The molecule has 2 saturated heterocycles. The van der Waals surface area contributed by atoms with Gasteiger partial charge in [-0.2, -0.15) is 0 Å². The van der Waals surface area contributed by atoms with Crippen molar-refractivity contribution in [2.45, 2.75) is 25.4 Å². The van der Waals surface area contributed by atoms with Gasteiger partial charge < -0.3 is 9.47 Å². The van der Waals surface area contributed by atoms with Crippen LogP contribution in [-0.2, 0) is 14.3 Å². The normalized spacial score (nSPS) is 35.7. The van der Waals surface area contributed by atoms with Crippen LogP contribution in [0.1, 0.15) is 19.3 Å². The van der Waals surface area contributed by atoms with Gasteiger partial charge in [0.15, 0.2) is 0 Å². The fourth-order valence-corrected chi connectivity index (χ4v) is 4.81. The Morgan fingerprint density at radius 1 is 1.04 bits per heavy atom. The third-order valence-electron chi connectivity index (χ3n) is 6.03. The van der Waals surface area contributed by atoms with Crippen LogP contribution in [0.2, 0.25) is 0 Å². The summed E-state index contributed by atoms with van der Waals surface area (Å²) < 4.78 is 11.3. The van der Waals surface area contributed by atoms with Gasteiger partial charge >= 0.3 is 0 Å². The standard InChI is InChI=1S/C20H21NO4/c22-19-17-12-3-4-13(10-12)18(17)20(23)21(19)14-5-7-15(8-6-14)25-11-16-2-1-9-24-16/h3-8,12-13,16-18H,1-2,9-11H2. The van der Waals surface area contributed by atoms with Crippen molar-refractivity contribution in [1.29, 1.82) is 0 Å². The van der Waals surface area contributed by atoms with E-state index in [0.29, 0.717) is 12.3 Å². The third-order valence-corrected chi connectivity index (χ3v) is 6.03. The molecule has 5 unspecified atom stereocenters. The molecular weight excluding hydrogens is 318 g/mol. The summed E-state index contributed by atoms with van der Waals surface area (Å²) in [5, 5.41) is 0. The van der Waals surface area contributed by atoms with E-state index in [0.717, 1.165) is 31.6 Å². The molecule has 5 heteroatoms. The zero-order valence-electron chi connectivity index (χ0n) is 14.0. The van der Waals surface area contributed by atoms with Gasteiger partial charge in [0.2, 0.25) is 11.8 Å². The SMILES string of the molecule is O=C1C2C3C=CC(C3)C2C(=O)N1c1ccc(OCC2CCCO2)cc1. The lowest BCUT2D eigenvalue weighted by Crippen LogP contribution is -2.32. The second kappa shape index (κ2) is 5.70. The number of fused-ring (bicyclic) bond motifs is 5. The van der Waals surface area contributed by atoms with Gasteiger partial charge in [0.05, 0.1) is 23.6 Å². The van der Waals surface area contributed by atoms with Crippen molar-refractivity contribution in [1.82, 2.24) is 0 Å². The maximum atomic E-state index is 12.8. The number of nitrogens with zero attached hydrogens (tertiary/aromatic N) is 1. The average Bonchev–Trinajstić information content (AvgIpc) is 3.39. The molecule has 5 rings (SSSR count). The van der Waals surface area contributed by atoms with Crippen molar-refractivity contribution < 1.29 is 19.1 Å². The second-order valence-electron chi connectivity index (χ2n) is 7.45. The van der Waals surface area contributed by atoms with E-state index < -0.39 is 0 Å². The number of carbonyl (C=O) groups excluding carboxylic acids is 2. The lowest BCUT2D eigenvalue weighted by Gasteiger charge is -2.18. The van der Waals surface area contributed by atoms with Crippen LogP contribution in [-0.4, -0.2) is 31.1 Å². The monoisotopic (exact) mass is 339 g/mol. The van der Waals surface area contributed by atoms with Crippen molar-refractivity contribution in [3.8, 4) is 5.75 Å². The molecule has 0 aromatic heterocycles. The number of rotatable bonds is 4. The Morgan fingerprint density at radius 2 is 1.72 bits per heavy atom. The summed E-state index contributed by atoms with van der Waals surface area (Å²) in [6.45, 7) is 1.35. The van der Waals surface area contributed by atoms with E-state index in [9.17, 15) is 9.59 Å². The molecule has 130 valence electrons. The maximum Gasteiger partial charge on any atom is 0.238 e. The van der Waals surface area contributed by atoms with Crippen LogP contribution >= 0.6 is 0 Å². The van der Waals surface area contributed by atoms with Gasteiger partial charge in [0.25, 0.3) is 0 Å². The smallest absolute Gasteiger partial charge is 0.238 e. The molecule has 4 aliphatic rings. The van der Waals surface area contributed by atoms with Crippen LogP contribution in [0.15, 0.2) is 36.4 Å². The zero-order chi connectivity index (χ0) is 17.0. The number of amides is 2. The highest BCUT2D eigenvalue weighted by molar-refractivity contribution is 6.22. The topological polar surface area (TPSA) is 55.8 Å². The number of ether oxygens (including phenoxy) is 2. The van der Waals surface area contributed by atoms with Crippen molar-refractivity contribution in [2.75, 3.05) is 18.1 Å². The van der Waals surface area contributed by atoms with Crippen molar-refractivity contribution >= 4 is 17.5 Å². The molecule has 2 bridgehead atoms. The third kappa shape index (κ3) is 2.33. The number of benzene rings is 1. The molecule has 5 atom stereocenters. The Labute approximate surface area is 146 Å². The summed E-state index contributed by atoms with van der Waals surface area (Å²) in [5.74, 6) is 0.826. The van der Waals surface area contributed by atoms with Gasteiger partial charge in [0.1, 0.15) is 12.4 Å². The lowest BCUT2D eigenvalue weighted by atomic mass is 9.85. The molecule has 3 fully saturated rings. The first-order valence-electron chi connectivity index (χ1n) is 9.13. The molecule has 0 spiro atoms. The van der Waals surface area contributed by atoms with Crippen LogP contribution in [0.3, 0.4) is 0 Å². The highest BCUT2D eigenvalue weighted by Crippen LogP contribution is 2.53. The molecule has 2 aliphatic carbocycles. The summed E-state index contributed by atoms with van der Waals surface area (Å²) in [4.78, 5) is 27.0. The molecule has 1 aromatic carbocycles. The van der Waals surface area contributed by atoms with Crippen LogP contribution in [0, 0.1) is 23.7 Å². The number of allylic oxidation sites excluding steroid dienone is 2. The number of carbonyl (C=O) groups is 2. The van der Waals surface area contributed by atoms with Gasteiger partial charge in [-0.15, -0.1) is 0 Å². The predicted molar refractivity (Wildman–Crippen MR) is 91.1 cm³/mol. The molecule has 0 N–H and O–H groups in total. The summed E-state index contributed by atoms with van der Waals surface area (Å²) in [6.07, 6.45) is 7.48. The van der Waals surface area contributed by atoms with Gasteiger partial charge in [0, 0.05) is 6.61 Å². The van der Waals surface area contributed by atoms with E-state index in [4.69, 9.17) is 9.47 Å². The molecule has 2 heterocycles. The first-order valence-corrected chi connectivity index (χ1v) is 9.13. The molecular formula is C20H21NO4. The van der Waals surface area contributed by atoms with Crippen LogP contribution in [0.5, 0.6) is 5.75 Å². The summed E-state index contributed by atoms with van der Waals surface area (Å²) in [5.41, 5.74) is 0.647. The molecule has 1 saturated carbocycles. The van der Waals surface area contributed by atoms with Gasteiger partial charge in [-0.05, 0) is 55.4 Å². The Kier molecular flexibility index (Phi) is 3.45. The Hall–Kier alpha value is -2.14. The first-order chi connectivity index (χ1) is 12.2. The van der Waals surface area contributed by atoms with E-state index in [1.807, 2.05) is 12.1 Å². The maximum absolute atomic E-state index is 12.8. The Bertz CT molecular complexity index is 705. The molecule has 5 nitrogen and oxygen atoms in total. The van der Waals surface area contributed by atoms with E-state index >= 15 is 0 Å². The fourth-order valence-electron chi connectivity index (χ4n) is 4.81. The predicted octanol–water partition coefficient (Wildman–Crippen LogP) is 2.56. The van der Waals surface area contributed by atoms with Crippen LogP contribution in [0.25, 0.3) is 0 Å². The Morgan fingerprint density at radius 3 is 2.32 bits per heavy atom. The van der Waals surface area contributed by atoms with Gasteiger partial charge in [-0.3, -0.25) is 14.5 Å². The number of anilines is 1. The fraction of sp³-hybridized carbons (Fsp3) is 0.500. The van der Waals surface area contributed by atoms with Crippen molar-refractivity contribution in [3.63, 3.8) is 0 Å². The minimum absolute atomic E-state index is 0.0418. The van der Waals surface area contributed by atoms with E-state index in [2.05, 4.69) is 12.2 Å². The summed E-state index contributed by atoms with van der Waals surface area (Å²) in [6, 6.07) is 7.26. The largest absolute Gasteiger partial charge is 0.491 e. The van der Waals surface area contributed by atoms with Crippen molar-refractivity contribution in [3.05, 3.63) is 36.4 Å². The van der Waals surface area contributed by atoms with Gasteiger partial charge in [-0.1, -0.05) is 12.2 Å². The Balaban J connectivity index is 1.30. The number of hydrogen-bond acceptors (Lipinski definition) is 4. The summed E-state index contributed by atoms with van der Waals surface area (Å²) >= 11 is 0. The zero-order valence-corrected chi connectivity index (χ0v) is 14.0. The average molecular weight is 339 g/mol. The minimum atomic E-state index is -0.155.